The fraction of sp³-hybridized carbons (Fsp3) is 0.174. The Balaban J connectivity index is 1.50. The van der Waals surface area contributed by atoms with Gasteiger partial charge in [-0.15, -0.1) is 0 Å². The van der Waals surface area contributed by atoms with Crippen molar-refractivity contribution in [2.45, 2.75) is 26.2 Å². The van der Waals surface area contributed by atoms with Crippen molar-refractivity contribution >= 4 is 5.91 Å². The summed E-state index contributed by atoms with van der Waals surface area (Å²) >= 11 is 0. The van der Waals surface area contributed by atoms with Gasteiger partial charge in [0.25, 0.3) is 5.91 Å². The maximum Gasteiger partial charge on any atom is 0.252 e. The van der Waals surface area contributed by atoms with Crippen molar-refractivity contribution in [2.24, 2.45) is 5.73 Å². The molecule has 0 fully saturated rings. The molecule has 0 spiro atoms. The second-order valence-corrected chi connectivity index (χ2v) is 7.32. The van der Waals surface area contributed by atoms with Crippen LogP contribution in [0.15, 0.2) is 61.1 Å². The Morgan fingerprint density at radius 3 is 2.40 bits per heavy atom. The number of hydrogen-bond acceptors (Lipinski definition) is 4. The van der Waals surface area contributed by atoms with Crippen LogP contribution < -0.4 is 5.73 Å². The number of amides is 1. The number of hydrogen-bond donors (Lipinski definition) is 3. The molecule has 0 unspecified atom stereocenters. The normalized spacial score (nSPS) is 11.0. The molecule has 7 heteroatoms. The van der Waals surface area contributed by atoms with E-state index >= 15 is 0 Å². The van der Waals surface area contributed by atoms with Gasteiger partial charge in [0.1, 0.15) is 5.75 Å². The first kappa shape index (κ1) is 19.4. The minimum absolute atomic E-state index is 0.229. The highest BCUT2D eigenvalue weighted by Gasteiger charge is 2.18. The number of nitrogens with zero attached hydrogens (tertiary/aromatic N) is 3. The Hall–Kier alpha value is -3.87. The van der Waals surface area contributed by atoms with E-state index in [-0.39, 0.29) is 5.75 Å². The highest BCUT2D eigenvalue weighted by molar-refractivity contribution is 5.95. The van der Waals surface area contributed by atoms with Gasteiger partial charge in [0.15, 0.2) is 0 Å². The maximum atomic E-state index is 12.1. The zero-order valence-electron chi connectivity index (χ0n) is 16.7. The molecule has 30 heavy (non-hydrogen) atoms. The van der Waals surface area contributed by atoms with Gasteiger partial charge in [-0.25, -0.2) is 4.98 Å². The van der Waals surface area contributed by atoms with Crippen LogP contribution in [0.1, 0.15) is 38.6 Å². The number of aromatic hydroxyl groups is 1. The van der Waals surface area contributed by atoms with Crippen LogP contribution in [0.25, 0.3) is 5.69 Å². The standard InChI is InChI=1S/C23H23N5O2/c1-15-13-28(14-25-15)18-7-2-17(3-8-18)12-21-22(23(24)30)20(26-27-21)11-6-16-4-9-19(29)10-5-16/h2-5,7-10,13-14,29H,6,11-12H2,1H3,(H2,24,30)(H,26,27). The summed E-state index contributed by atoms with van der Waals surface area (Å²) in [6.45, 7) is 1.95. The number of primary amides is 1. The molecule has 0 radical (unpaired) electrons. The van der Waals surface area contributed by atoms with Gasteiger partial charge >= 0.3 is 0 Å². The molecule has 152 valence electrons. The molecule has 4 N–H and O–H groups in total. The lowest BCUT2D eigenvalue weighted by Crippen LogP contribution is -2.15. The number of benzene rings is 2. The second kappa shape index (κ2) is 8.24. The third kappa shape index (κ3) is 4.25. The quantitative estimate of drug-likeness (QED) is 0.442. The molecule has 0 aliphatic rings. The van der Waals surface area contributed by atoms with E-state index in [2.05, 4.69) is 15.2 Å². The first-order valence-electron chi connectivity index (χ1n) is 9.73. The lowest BCUT2D eigenvalue weighted by Gasteiger charge is -2.06. The first-order chi connectivity index (χ1) is 14.5. The van der Waals surface area contributed by atoms with Gasteiger partial charge in [0.05, 0.1) is 29.0 Å². The molecule has 0 saturated heterocycles. The molecule has 2 heterocycles. The van der Waals surface area contributed by atoms with Crippen LogP contribution >= 0.6 is 0 Å². The van der Waals surface area contributed by atoms with Crippen molar-refractivity contribution in [1.82, 2.24) is 19.7 Å². The monoisotopic (exact) mass is 401 g/mol. The van der Waals surface area contributed by atoms with E-state index in [9.17, 15) is 9.90 Å². The predicted molar refractivity (Wildman–Crippen MR) is 114 cm³/mol. The number of carbonyl (C=O) groups is 1. The lowest BCUT2D eigenvalue weighted by molar-refractivity contribution is 0.0998. The zero-order chi connectivity index (χ0) is 21.1. The average molecular weight is 401 g/mol. The van der Waals surface area contributed by atoms with Gasteiger partial charge in [0.2, 0.25) is 0 Å². The zero-order valence-corrected chi connectivity index (χ0v) is 16.7. The summed E-state index contributed by atoms with van der Waals surface area (Å²) < 4.78 is 1.96. The van der Waals surface area contributed by atoms with Crippen molar-refractivity contribution < 1.29 is 9.90 Å². The Labute approximate surface area is 174 Å². The minimum Gasteiger partial charge on any atom is -0.508 e. The Kier molecular flexibility index (Phi) is 5.34. The average Bonchev–Trinajstić information content (AvgIpc) is 3.34. The number of phenols is 1. The van der Waals surface area contributed by atoms with Crippen molar-refractivity contribution in [3.8, 4) is 11.4 Å². The fourth-order valence-electron chi connectivity index (χ4n) is 3.50. The number of rotatable bonds is 7. The molecule has 0 aliphatic carbocycles. The minimum atomic E-state index is -0.482. The number of imidazole rings is 1. The number of aromatic nitrogens is 4. The molecular formula is C23H23N5O2. The molecular weight excluding hydrogens is 378 g/mol. The van der Waals surface area contributed by atoms with Crippen molar-refractivity contribution in [3.63, 3.8) is 0 Å². The molecule has 0 atom stereocenters. The SMILES string of the molecule is Cc1cn(-c2ccc(Cc3[nH]nc(CCc4ccc(O)cc4)c3C(N)=O)cc2)cn1. The molecule has 2 aromatic heterocycles. The third-order valence-electron chi connectivity index (χ3n) is 5.08. The summed E-state index contributed by atoms with van der Waals surface area (Å²) in [4.78, 5) is 16.4. The number of nitrogens with two attached hydrogens (primary N) is 1. The number of carbonyl (C=O) groups excluding carboxylic acids is 1. The largest absolute Gasteiger partial charge is 0.508 e. The molecule has 4 rings (SSSR count). The van der Waals surface area contributed by atoms with E-state index < -0.39 is 5.91 Å². The van der Waals surface area contributed by atoms with E-state index in [1.54, 1.807) is 18.5 Å². The lowest BCUT2D eigenvalue weighted by atomic mass is 10.0. The van der Waals surface area contributed by atoms with Crippen molar-refractivity contribution in [3.05, 3.63) is 94.8 Å². The molecule has 2 aromatic carbocycles. The van der Waals surface area contributed by atoms with Gasteiger partial charge in [-0.3, -0.25) is 9.89 Å². The van der Waals surface area contributed by atoms with Crippen LogP contribution in [0.5, 0.6) is 5.75 Å². The molecule has 0 bridgehead atoms. The topological polar surface area (TPSA) is 110 Å². The van der Waals surface area contributed by atoms with Crippen LogP contribution in [0.4, 0.5) is 0 Å². The van der Waals surface area contributed by atoms with E-state index in [4.69, 9.17) is 5.73 Å². The van der Waals surface area contributed by atoms with Gasteiger partial charge in [-0.05, 0) is 55.2 Å². The van der Waals surface area contributed by atoms with Gasteiger partial charge in [-0.2, -0.15) is 5.10 Å². The summed E-state index contributed by atoms with van der Waals surface area (Å²) in [5.41, 5.74) is 11.6. The van der Waals surface area contributed by atoms with E-state index in [1.165, 1.54) is 0 Å². The summed E-state index contributed by atoms with van der Waals surface area (Å²) in [6.07, 6.45) is 5.57. The highest BCUT2D eigenvalue weighted by Crippen LogP contribution is 2.19. The predicted octanol–water partition coefficient (Wildman–Crippen LogP) is 3.08. The number of nitrogens with one attached hydrogen (secondary N) is 1. The highest BCUT2D eigenvalue weighted by atomic mass is 16.3. The molecule has 4 aromatic rings. The fourth-order valence-corrected chi connectivity index (χ4v) is 3.50. The maximum absolute atomic E-state index is 12.1. The summed E-state index contributed by atoms with van der Waals surface area (Å²) in [7, 11) is 0. The third-order valence-corrected chi connectivity index (χ3v) is 5.08. The van der Waals surface area contributed by atoms with E-state index in [1.807, 2.05) is 54.1 Å². The van der Waals surface area contributed by atoms with Crippen LogP contribution in [-0.2, 0) is 19.3 Å². The van der Waals surface area contributed by atoms with E-state index in [0.29, 0.717) is 30.5 Å². The Morgan fingerprint density at radius 2 is 1.77 bits per heavy atom. The Bertz CT molecular complexity index is 1160. The number of aromatic amines is 1. The second-order valence-electron chi connectivity index (χ2n) is 7.32. The number of aryl methyl sites for hydroxylation is 3. The van der Waals surface area contributed by atoms with Gasteiger partial charge in [-0.1, -0.05) is 24.3 Å². The molecule has 0 aliphatic heterocycles. The first-order valence-corrected chi connectivity index (χ1v) is 9.73. The summed E-state index contributed by atoms with van der Waals surface area (Å²) in [5, 5.41) is 16.7. The Morgan fingerprint density at radius 1 is 1.07 bits per heavy atom. The van der Waals surface area contributed by atoms with Crippen molar-refractivity contribution in [1.29, 1.82) is 0 Å². The smallest absolute Gasteiger partial charge is 0.252 e. The number of H-pyrrole nitrogens is 1. The van der Waals surface area contributed by atoms with Crippen LogP contribution in [0.2, 0.25) is 0 Å². The summed E-state index contributed by atoms with van der Waals surface area (Å²) in [6, 6.07) is 15.1. The van der Waals surface area contributed by atoms with Crippen LogP contribution in [-0.4, -0.2) is 30.8 Å². The van der Waals surface area contributed by atoms with E-state index in [0.717, 1.165) is 28.2 Å². The molecule has 1 amide bonds. The molecule has 0 saturated carbocycles. The van der Waals surface area contributed by atoms with Crippen molar-refractivity contribution in [2.75, 3.05) is 0 Å². The van der Waals surface area contributed by atoms with Gasteiger partial charge in [0, 0.05) is 18.3 Å². The number of phenolic OH excluding ortho intramolecular Hbond substituents is 1. The van der Waals surface area contributed by atoms with Crippen LogP contribution in [0, 0.1) is 6.92 Å². The summed E-state index contributed by atoms with van der Waals surface area (Å²) in [5.74, 6) is -0.252. The van der Waals surface area contributed by atoms with Crippen LogP contribution in [0.3, 0.4) is 0 Å². The molecule has 7 nitrogen and oxygen atoms in total. The van der Waals surface area contributed by atoms with Gasteiger partial charge < -0.3 is 15.4 Å².